The molecular formula is C28H28N4O3. The second-order valence-corrected chi connectivity index (χ2v) is 8.66. The lowest BCUT2D eigenvalue weighted by Crippen LogP contribution is -2.36. The first-order valence-electron chi connectivity index (χ1n) is 11.8. The third kappa shape index (κ3) is 5.25. The Labute approximate surface area is 204 Å². The zero-order valence-corrected chi connectivity index (χ0v) is 19.7. The molecule has 3 heterocycles. The average molecular weight is 469 g/mol. The summed E-state index contributed by atoms with van der Waals surface area (Å²) in [5, 5.41) is 5.60. The maximum absolute atomic E-state index is 13.6. The number of hydrogen-bond acceptors (Lipinski definition) is 6. The molecule has 0 aliphatic carbocycles. The topological polar surface area (TPSA) is 76.6 Å². The molecule has 1 unspecified atom stereocenters. The van der Waals surface area contributed by atoms with E-state index >= 15 is 0 Å². The molecule has 7 heteroatoms. The van der Waals surface area contributed by atoms with Crippen molar-refractivity contribution in [2.75, 3.05) is 38.7 Å². The average Bonchev–Trinajstić information content (AvgIpc) is 3.15. The second-order valence-electron chi connectivity index (χ2n) is 8.66. The maximum atomic E-state index is 13.6. The number of fused-ring (bicyclic) bond motifs is 1. The van der Waals surface area contributed by atoms with Crippen LogP contribution in [0.5, 0.6) is 5.75 Å². The Balaban J connectivity index is 1.34. The lowest BCUT2D eigenvalue weighted by molar-refractivity contribution is 0.0738. The monoisotopic (exact) mass is 468 g/mol. The van der Waals surface area contributed by atoms with Crippen molar-refractivity contribution in [1.82, 2.24) is 14.9 Å². The van der Waals surface area contributed by atoms with Crippen LogP contribution in [0.15, 0.2) is 79.3 Å². The fraction of sp³-hybridized carbons (Fsp3) is 0.250. The van der Waals surface area contributed by atoms with Gasteiger partial charge in [-0.25, -0.2) is 4.98 Å². The van der Waals surface area contributed by atoms with Crippen LogP contribution in [0.1, 0.15) is 15.9 Å². The zero-order valence-electron chi connectivity index (χ0n) is 19.7. The van der Waals surface area contributed by atoms with Crippen molar-refractivity contribution < 1.29 is 14.3 Å². The molecule has 1 amide bonds. The zero-order chi connectivity index (χ0) is 24.0. The number of benzene rings is 2. The van der Waals surface area contributed by atoms with Gasteiger partial charge in [-0.05, 0) is 59.8 Å². The Hall–Kier alpha value is -3.97. The van der Waals surface area contributed by atoms with Crippen LogP contribution in [0.4, 0.5) is 11.5 Å². The fourth-order valence-corrected chi connectivity index (χ4v) is 4.51. The SMILES string of the molecule is COc1ccc(Nc2ncccc2C(=O)N2CCOCC(Cc3cccc4ccncc34)C2)cc1. The van der Waals surface area contributed by atoms with E-state index < -0.39 is 0 Å². The number of carbonyl (C=O) groups excluding carboxylic acids is 1. The van der Waals surface area contributed by atoms with E-state index in [9.17, 15) is 4.79 Å². The van der Waals surface area contributed by atoms with Crippen LogP contribution >= 0.6 is 0 Å². The van der Waals surface area contributed by atoms with E-state index in [2.05, 4.69) is 33.5 Å². The highest BCUT2D eigenvalue weighted by Gasteiger charge is 2.26. The van der Waals surface area contributed by atoms with Gasteiger partial charge in [-0.1, -0.05) is 18.2 Å². The van der Waals surface area contributed by atoms with Crippen molar-refractivity contribution in [3.8, 4) is 5.75 Å². The summed E-state index contributed by atoms with van der Waals surface area (Å²) in [4.78, 5) is 24.3. The Bertz CT molecular complexity index is 1300. The van der Waals surface area contributed by atoms with Crippen molar-refractivity contribution in [3.05, 3.63) is 90.4 Å². The Morgan fingerprint density at radius 2 is 2.00 bits per heavy atom. The van der Waals surface area contributed by atoms with Gasteiger partial charge in [0.25, 0.3) is 5.91 Å². The molecule has 1 N–H and O–H groups in total. The number of amides is 1. The molecule has 2 aromatic heterocycles. The Kier molecular flexibility index (Phi) is 6.86. The van der Waals surface area contributed by atoms with E-state index in [0.29, 0.717) is 37.7 Å². The number of nitrogens with one attached hydrogen (secondary N) is 1. The summed E-state index contributed by atoms with van der Waals surface area (Å²) in [5.41, 5.74) is 2.60. The van der Waals surface area contributed by atoms with E-state index in [1.807, 2.05) is 53.7 Å². The maximum Gasteiger partial charge on any atom is 0.257 e. The number of methoxy groups -OCH3 is 1. The van der Waals surface area contributed by atoms with Gasteiger partial charge >= 0.3 is 0 Å². The summed E-state index contributed by atoms with van der Waals surface area (Å²) < 4.78 is 11.1. The van der Waals surface area contributed by atoms with E-state index in [1.54, 1.807) is 19.4 Å². The number of hydrogen-bond donors (Lipinski definition) is 1. The molecule has 178 valence electrons. The van der Waals surface area contributed by atoms with Crippen molar-refractivity contribution >= 4 is 28.2 Å². The largest absolute Gasteiger partial charge is 0.497 e. The number of pyridine rings is 2. The van der Waals surface area contributed by atoms with Gasteiger partial charge in [-0.15, -0.1) is 0 Å². The number of nitrogens with zero attached hydrogens (tertiary/aromatic N) is 3. The molecule has 0 spiro atoms. The van der Waals surface area contributed by atoms with Crippen molar-refractivity contribution in [2.24, 2.45) is 5.92 Å². The van der Waals surface area contributed by atoms with Crippen molar-refractivity contribution in [3.63, 3.8) is 0 Å². The van der Waals surface area contributed by atoms with Gasteiger partial charge in [0.1, 0.15) is 11.6 Å². The van der Waals surface area contributed by atoms with Crippen molar-refractivity contribution in [1.29, 1.82) is 0 Å². The van der Waals surface area contributed by atoms with Crippen LogP contribution in [0.2, 0.25) is 0 Å². The molecular weight excluding hydrogens is 440 g/mol. The molecule has 7 nitrogen and oxygen atoms in total. The number of rotatable bonds is 6. The number of aromatic nitrogens is 2. The molecule has 1 fully saturated rings. The summed E-state index contributed by atoms with van der Waals surface area (Å²) in [6.07, 6.45) is 6.23. The smallest absolute Gasteiger partial charge is 0.257 e. The predicted molar refractivity (Wildman–Crippen MR) is 136 cm³/mol. The first-order chi connectivity index (χ1) is 17.2. The molecule has 0 bridgehead atoms. The number of anilines is 2. The molecule has 0 saturated carbocycles. The van der Waals surface area contributed by atoms with E-state index in [1.165, 1.54) is 10.9 Å². The lowest BCUT2D eigenvalue weighted by atomic mass is 9.95. The minimum Gasteiger partial charge on any atom is -0.497 e. The third-order valence-electron chi connectivity index (χ3n) is 6.30. The fourth-order valence-electron chi connectivity index (χ4n) is 4.51. The minimum atomic E-state index is -0.0517. The van der Waals surface area contributed by atoms with Crippen LogP contribution in [-0.2, 0) is 11.2 Å². The minimum absolute atomic E-state index is 0.0517. The lowest BCUT2D eigenvalue weighted by Gasteiger charge is -2.25. The summed E-state index contributed by atoms with van der Waals surface area (Å²) in [6.45, 7) is 2.29. The first-order valence-corrected chi connectivity index (χ1v) is 11.8. The Morgan fingerprint density at radius 3 is 2.86 bits per heavy atom. The molecule has 1 atom stereocenters. The van der Waals surface area contributed by atoms with E-state index in [4.69, 9.17) is 9.47 Å². The Morgan fingerprint density at radius 1 is 1.11 bits per heavy atom. The molecule has 4 aromatic rings. The summed E-state index contributed by atoms with van der Waals surface area (Å²) >= 11 is 0. The third-order valence-corrected chi connectivity index (χ3v) is 6.30. The van der Waals surface area contributed by atoms with Gasteiger partial charge in [-0.2, -0.15) is 0 Å². The molecule has 0 radical (unpaired) electrons. The quantitative estimate of drug-likeness (QED) is 0.442. The van der Waals surface area contributed by atoms with Gasteiger partial charge < -0.3 is 19.7 Å². The van der Waals surface area contributed by atoms with Gasteiger partial charge in [-0.3, -0.25) is 9.78 Å². The normalized spacial score (nSPS) is 16.0. The highest BCUT2D eigenvalue weighted by atomic mass is 16.5. The molecule has 1 saturated heterocycles. The van der Waals surface area contributed by atoms with Crippen LogP contribution < -0.4 is 10.1 Å². The van der Waals surface area contributed by atoms with Gasteiger partial charge in [0, 0.05) is 48.7 Å². The molecule has 5 rings (SSSR count). The first kappa shape index (κ1) is 22.8. The van der Waals surface area contributed by atoms with E-state index in [-0.39, 0.29) is 11.8 Å². The number of ether oxygens (including phenoxy) is 2. The van der Waals surface area contributed by atoms with Crippen LogP contribution in [0.3, 0.4) is 0 Å². The highest BCUT2D eigenvalue weighted by Crippen LogP contribution is 2.25. The van der Waals surface area contributed by atoms with Crippen LogP contribution in [-0.4, -0.2) is 54.2 Å². The molecule has 1 aliphatic heterocycles. The van der Waals surface area contributed by atoms with Gasteiger partial charge in [0.15, 0.2) is 0 Å². The van der Waals surface area contributed by atoms with E-state index in [0.717, 1.165) is 23.2 Å². The number of carbonyl (C=O) groups is 1. The second kappa shape index (κ2) is 10.5. The van der Waals surface area contributed by atoms with Crippen LogP contribution in [0.25, 0.3) is 10.8 Å². The summed E-state index contributed by atoms with van der Waals surface area (Å²) in [5.74, 6) is 1.43. The highest BCUT2D eigenvalue weighted by molar-refractivity contribution is 5.99. The molecule has 35 heavy (non-hydrogen) atoms. The van der Waals surface area contributed by atoms with Gasteiger partial charge in [0.2, 0.25) is 0 Å². The van der Waals surface area contributed by atoms with Crippen LogP contribution in [0, 0.1) is 5.92 Å². The van der Waals surface area contributed by atoms with Gasteiger partial charge in [0.05, 0.1) is 25.9 Å². The van der Waals surface area contributed by atoms with Crippen molar-refractivity contribution in [2.45, 2.75) is 6.42 Å². The standard InChI is InChI=1S/C28H28N4O3/c1-34-24-9-7-23(8-10-24)31-27-25(6-3-12-30-27)28(33)32-14-15-35-19-20(18-32)16-22-5-2-4-21-11-13-29-17-26(21)22/h2-13,17,20H,14-16,18-19H2,1H3,(H,30,31). The predicted octanol–water partition coefficient (Wildman–Crippen LogP) is 4.71. The molecule has 1 aliphatic rings. The molecule has 2 aromatic carbocycles. The summed E-state index contributed by atoms with van der Waals surface area (Å²) in [6, 6.07) is 19.5. The summed E-state index contributed by atoms with van der Waals surface area (Å²) in [7, 11) is 1.63.